The van der Waals surface area contributed by atoms with Crippen molar-refractivity contribution >= 4 is 5.82 Å². The summed E-state index contributed by atoms with van der Waals surface area (Å²) < 4.78 is 45.7. The topological polar surface area (TPSA) is 90.5 Å². The third-order valence-electron chi connectivity index (χ3n) is 3.42. The SMILES string of the molecule is Nc1nnc(-c2ccc(OC(F)(F)F)cc2O)c2c1COCC2. The Morgan fingerprint density at radius 2 is 2.00 bits per heavy atom. The van der Waals surface area contributed by atoms with Crippen molar-refractivity contribution in [2.75, 3.05) is 12.3 Å². The summed E-state index contributed by atoms with van der Waals surface area (Å²) in [6.45, 7) is 0.737. The second kappa shape index (κ2) is 5.58. The molecule has 0 saturated heterocycles. The number of nitrogen functional groups attached to an aromatic ring is 1. The third kappa shape index (κ3) is 3.14. The fourth-order valence-electron chi connectivity index (χ4n) is 2.43. The summed E-state index contributed by atoms with van der Waals surface area (Å²) in [7, 11) is 0. The number of phenols is 1. The fraction of sp³-hybridized carbons (Fsp3) is 0.286. The smallest absolute Gasteiger partial charge is 0.507 e. The molecule has 2 heterocycles. The Morgan fingerprint density at radius 1 is 1.22 bits per heavy atom. The molecule has 9 heteroatoms. The summed E-state index contributed by atoms with van der Waals surface area (Å²) in [6.07, 6.45) is -4.31. The van der Waals surface area contributed by atoms with Crippen LogP contribution in [0.25, 0.3) is 11.3 Å². The van der Waals surface area contributed by atoms with Crippen LogP contribution in [0.5, 0.6) is 11.5 Å². The van der Waals surface area contributed by atoms with Gasteiger partial charge in [-0.25, -0.2) is 0 Å². The minimum atomic E-state index is -4.83. The van der Waals surface area contributed by atoms with Gasteiger partial charge in [0.05, 0.1) is 13.2 Å². The normalized spacial score (nSPS) is 14.4. The molecular weight excluding hydrogens is 315 g/mol. The molecule has 3 N–H and O–H groups in total. The van der Waals surface area contributed by atoms with Crippen LogP contribution in [0.1, 0.15) is 11.1 Å². The van der Waals surface area contributed by atoms with Gasteiger partial charge in [0.1, 0.15) is 17.2 Å². The molecule has 1 aromatic carbocycles. The van der Waals surface area contributed by atoms with Gasteiger partial charge in [0.25, 0.3) is 0 Å². The molecule has 122 valence electrons. The van der Waals surface area contributed by atoms with Gasteiger partial charge in [0.2, 0.25) is 0 Å². The van der Waals surface area contributed by atoms with Gasteiger partial charge < -0.3 is 20.3 Å². The first-order valence-corrected chi connectivity index (χ1v) is 6.66. The maximum atomic E-state index is 12.2. The largest absolute Gasteiger partial charge is 0.573 e. The zero-order valence-corrected chi connectivity index (χ0v) is 11.7. The van der Waals surface area contributed by atoms with Crippen molar-refractivity contribution in [2.24, 2.45) is 0 Å². The quantitative estimate of drug-likeness (QED) is 0.880. The van der Waals surface area contributed by atoms with E-state index < -0.39 is 12.1 Å². The molecule has 0 atom stereocenters. The fourth-order valence-corrected chi connectivity index (χ4v) is 2.43. The summed E-state index contributed by atoms with van der Waals surface area (Å²) in [5.41, 5.74) is 7.83. The first-order valence-electron chi connectivity index (χ1n) is 6.66. The van der Waals surface area contributed by atoms with Crippen LogP contribution >= 0.6 is 0 Å². The van der Waals surface area contributed by atoms with E-state index >= 15 is 0 Å². The van der Waals surface area contributed by atoms with Crippen LogP contribution < -0.4 is 10.5 Å². The number of phenolic OH excluding ortho intramolecular Hbond substituents is 1. The minimum Gasteiger partial charge on any atom is -0.507 e. The van der Waals surface area contributed by atoms with Crippen molar-refractivity contribution in [1.82, 2.24) is 10.2 Å². The van der Waals surface area contributed by atoms with E-state index in [1.54, 1.807) is 0 Å². The zero-order chi connectivity index (χ0) is 16.6. The van der Waals surface area contributed by atoms with E-state index in [4.69, 9.17) is 10.5 Å². The van der Waals surface area contributed by atoms with Gasteiger partial charge in [-0.05, 0) is 24.1 Å². The number of aromatic nitrogens is 2. The molecule has 0 fully saturated rings. The Hall–Kier alpha value is -2.55. The van der Waals surface area contributed by atoms with Crippen molar-refractivity contribution in [1.29, 1.82) is 0 Å². The molecule has 6 nitrogen and oxygen atoms in total. The minimum absolute atomic E-state index is 0.236. The molecule has 0 bridgehead atoms. The first kappa shape index (κ1) is 15.3. The lowest BCUT2D eigenvalue weighted by molar-refractivity contribution is -0.274. The van der Waals surface area contributed by atoms with E-state index in [0.29, 0.717) is 24.3 Å². The van der Waals surface area contributed by atoms with Crippen molar-refractivity contribution in [3.05, 3.63) is 29.3 Å². The van der Waals surface area contributed by atoms with Gasteiger partial charge in [-0.3, -0.25) is 0 Å². The van der Waals surface area contributed by atoms with E-state index in [1.165, 1.54) is 6.07 Å². The molecular formula is C14H12F3N3O3. The summed E-state index contributed by atoms with van der Waals surface area (Å²) in [6, 6.07) is 3.28. The number of halogens is 3. The Labute approximate surface area is 128 Å². The highest BCUT2D eigenvalue weighted by molar-refractivity contribution is 5.73. The van der Waals surface area contributed by atoms with E-state index in [2.05, 4.69) is 14.9 Å². The van der Waals surface area contributed by atoms with Crippen LogP contribution in [0.4, 0.5) is 19.0 Å². The average molecular weight is 327 g/mol. The molecule has 3 rings (SSSR count). The van der Waals surface area contributed by atoms with Crippen molar-refractivity contribution in [3.8, 4) is 22.8 Å². The van der Waals surface area contributed by atoms with Gasteiger partial charge in [0, 0.05) is 17.2 Å². The average Bonchev–Trinajstić information content (AvgIpc) is 2.47. The van der Waals surface area contributed by atoms with E-state index in [1.807, 2.05) is 0 Å². The Morgan fingerprint density at radius 3 is 2.70 bits per heavy atom. The number of anilines is 1. The zero-order valence-electron chi connectivity index (χ0n) is 11.7. The Bertz CT molecular complexity index is 750. The second-order valence-electron chi connectivity index (χ2n) is 4.92. The summed E-state index contributed by atoms with van der Waals surface area (Å²) in [4.78, 5) is 0. The Balaban J connectivity index is 2.03. The number of ether oxygens (including phenoxy) is 2. The molecule has 1 aliphatic heterocycles. The van der Waals surface area contributed by atoms with Crippen LogP contribution in [0.3, 0.4) is 0 Å². The molecule has 0 saturated carbocycles. The second-order valence-corrected chi connectivity index (χ2v) is 4.92. The highest BCUT2D eigenvalue weighted by atomic mass is 19.4. The van der Waals surface area contributed by atoms with Gasteiger partial charge in [-0.1, -0.05) is 0 Å². The number of alkyl halides is 3. The number of hydrogen-bond acceptors (Lipinski definition) is 6. The van der Waals surface area contributed by atoms with Crippen molar-refractivity contribution < 1.29 is 27.8 Å². The van der Waals surface area contributed by atoms with E-state index in [-0.39, 0.29) is 23.7 Å². The van der Waals surface area contributed by atoms with E-state index in [0.717, 1.165) is 17.7 Å². The van der Waals surface area contributed by atoms with Gasteiger partial charge >= 0.3 is 6.36 Å². The Kier molecular flexibility index (Phi) is 3.72. The molecule has 2 aromatic rings. The van der Waals surface area contributed by atoms with Gasteiger partial charge in [0.15, 0.2) is 5.82 Å². The lowest BCUT2D eigenvalue weighted by Crippen LogP contribution is -2.17. The third-order valence-corrected chi connectivity index (χ3v) is 3.42. The number of rotatable bonds is 2. The van der Waals surface area contributed by atoms with Gasteiger partial charge in [-0.15, -0.1) is 23.4 Å². The predicted octanol–water partition coefficient (Wildman–Crippen LogP) is 2.40. The number of nitrogens with two attached hydrogens (primary N) is 1. The number of hydrogen-bond donors (Lipinski definition) is 2. The van der Waals surface area contributed by atoms with Crippen molar-refractivity contribution in [2.45, 2.75) is 19.4 Å². The molecule has 1 aliphatic rings. The lowest BCUT2D eigenvalue weighted by Gasteiger charge is -2.20. The standard InChI is InChI=1S/C14H12F3N3O3/c15-14(16,17)23-7-1-2-9(11(21)5-7)12-8-3-4-22-6-10(8)13(18)20-19-12/h1-2,5,21H,3-4,6H2,(H2,18,20). The molecule has 0 radical (unpaired) electrons. The maximum Gasteiger partial charge on any atom is 0.573 e. The van der Waals surface area contributed by atoms with Crippen LogP contribution in [-0.2, 0) is 17.8 Å². The maximum absolute atomic E-state index is 12.2. The molecule has 0 spiro atoms. The van der Waals surface area contributed by atoms with Crippen LogP contribution in [0.2, 0.25) is 0 Å². The van der Waals surface area contributed by atoms with Gasteiger partial charge in [-0.2, -0.15) is 0 Å². The van der Waals surface area contributed by atoms with E-state index in [9.17, 15) is 18.3 Å². The van der Waals surface area contributed by atoms with Crippen LogP contribution in [-0.4, -0.2) is 28.3 Å². The van der Waals surface area contributed by atoms with Crippen LogP contribution in [0, 0.1) is 0 Å². The highest BCUT2D eigenvalue weighted by Crippen LogP contribution is 2.37. The summed E-state index contributed by atoms with van der Waals surface area (Å²) in [5, 5.41) is 17.8. The monoisotopic (exact) mass is 327 g/mol. The molecule has 1 aromatic heterocycles. The summed E-state index contributed by atoms with van der Waals surface area (Å²) >= 11 is 0. The number of fused-ring (bicyclic) bond motifs is 1. The number of aromatic hydroxyl groups is 1. The molecule has 23 heavy (non-hydrogen) atoms. The number of nitrogens with zero attached hydrogens (tertiary/aromatic N) is 2. The van der Waals surface area contributed by atoms with Crippen LogP contribution in [0.15, 0.2) is 18.2 Å². The predicted molar refractivity (Wildman–Crippen MR) is 73.6 cm³/mol. The molecule has 0 aliphatic carbocycles. The highest BCUT2D eigenvalue weighted by Gasteiger charge is 2.31. The number of benzene rings is 1. The molecule has 0 amide bonds. The van der Waals surface area contributed by atoms with Crippen molar-refractivity contribution in [3.63, 3.8) is 0 Å². The first-order chi connectivity index (χ1) is 10.8. The lowest BCUT2D eigenvalue weighted by atomic mass is 9.97. The summed E-state index contributed by atoms with van der Waals surface area (Å²) in [5.74, 6) is -0.668. The molecule has 0 unspecified atom stereocenters.